The van der Waals surface area contributed by atoms with Crippen LogP contribution in [-0.4, -0.2) is 12.1 Å². The fourth-order valence-corrected chi connectivity index (χ4v) is 3.59. The molecular weight excluding hydrogens is 254 g/mol. The van der Waals surface area contributed by atoms with E-state index >= 15 is 0 Å². The van der Waals surface area contributed by atoms with Crippen molar-refractivity contribution in [2.24, 2.45) is 0 Å². The number of thiophene rings is 1. The molecule has 0 unspecified atom stereocenters. The van der Waals surface area contributed by atoms with Crippen LogP contribution in [0.4, 0.5) is 0 Å². The van der Waals surface area contributed by atoms with Crippen molar-refractivity contribution in [3.05, 3.63) is 48.7 Å². The maximum atomic E-state index is 5.34. The van der Waals surface area contributed by atoms with Gasteiger partial charge in [0.25, 0.3) is 0 Å². The molecule has 0 aliphatic rings. The highest BCUT2D eigenvalue weighted by molar-refractivity contribution is 7.26. The van der Waals surface area contributed by atoms with Crippen molar-refractivity contribution in [1.29, 1.82) is 0 Å². The van der Waals surface area contributed by atoms with E-state index in [2.05, 4.69) is 35.3 Å². The second kappa shape index (κ2) is 3.93. The molecule has 0 N–H and O–H groups in total. The van der Waals surface area contributed by atoms with Crippen molar-refractivity contribution in [2.75, 3.05) is 7.11 Å². The fraction of sp³-hybridized carbons (Fsp3) is 0.0625. The topological polar surface area (TPSA) is 22.1 Å². The van der Waals surface area contributed by atoms with Crippen LogP contribution in [0, 0.1) is 0 Å². The molecule has 19 heavy (non-hydrogen) atoms. The molecule has 0 saturated heterocycles. The Hall–Kier alpha value is -2.13. The van der Waals surface area contributed by atoms with E-state index in [1.165, 1.54) is 25.6 Å². The third-order valence-electron chi connectivity index (χ3n) is 3.42. The number of aromatic nitrogens is 1. The van der Waals surface area contributed by atoms with Crippen LogP contribution in [0.25, 0.3) is 31.1 Å². The maximum absolute atomic E-state index is 5.34. The lowest BCUT2D eigenvalue weighted by molar-refractivity contribution is 0.415. The number of nitrogens with zero attached hydrogens (tertiary/aromatic N) is 1. The Kier molecular flexibility index (Phi) is 2.23. The van der Waals surface area contributed by atoms with Crippen LogP contribution in [-0.2, 0) is 0 Å². The van der Waals surface area contributed by atoms with Gasteiger partial charge in [0.2, 0.25) is 0 Å². The highest BCUT2D eigenvalue weighted by atomic mass is 32.1. The Morgan fingerprint density at radius 3 is 2.79 bits per heavy atom. The van der Waals surface area contributed by atoms with Crippen molar-refractivity contribution < 1.29 is 4.74 Å². The van der Waals surface area contributed by atoms with Crippen molar-refractivity contribution >= 4 is 42.4 Å². The van der Waals surface area contributed by atoms with Crippen LogP contribution in [0.15, 0.2) is 48.7 Å². The first-order valence-corrected chi connectivity index (χ1v) is 6.92. The van der Waals surface area contributed by atoms with Gasteiger partial charge in [-0.2, -0.15) is 0 Å². The zero-order chi connectivity index (χ0) is 12.8. The van der Waals surface area contributed by atoms with Crippen molar-refractivity contribution in [2.45, 2.75) is 0 Å². The van der Waals surface area contributed by atoms with Crippen LogP contribution >= 0.6 is 11.3 Å². The molecule has 2 heterocycles. The summed E-state index contributed by atoms with van der Waals surface area (Å²) in [5, 5.41) is 3.74. The van der Waals surface area contributed by atoms with E-state index in [0.717, 1.165) is 11.3 Å². The molecule has 0 amide bonds. The number of ether oxygens (including phenoxy) is 1. The van der Waals surface area contributed by atoms with Crippen molar-refractivity contribution in [1.82, 2.24) is 4.98 Å². The van der Waals surface area contributed by atoms with Gasteiger partial charge < -0.3 is 4.74 Å². The first kappa shape index (κ1) is 10.8. The minimum absolute atomic E-state index is 0.896. The van der Waals surface area contributed by atoms with Gasteiger partial charge in [0, 0.05) is 27.1 Å². The molecular formula is C16H11NOS. The molecule has 2 aromatic heterocycles. The number of methoxy groups -OCH3 is 1. The van der Waals surface area contributed by atoms with E-state index < -0.39 is 0 Å². The van der Waals surface area contributed by atoms with Gasteiger partial charge in [-0.25, -0.2) is 0 Å². The fourth-order valence-electron chi connectivity index (χ4n) is 2.52. The zero-order valence-electron chi connectivity index (χ0n) is 10.4. The molecule has 4 rings (SSSR count). The van der Waals surface area contributed by atoms with E-state index in [1.54, 1.807) is 18.4 Å². The Bertz CT molecular complexity index is 910. The van der Waals surface area contributed by atoms with Crippen LogP contribution < -0.4 is 4.74 Å². The molecule has 0 spiro atoms. The molecule has 0 radical (unpaired) electrons. The molecule has 4 aromatic rings. The summed E-state index contributed by atoms with van der Waals surface area (Å²) < 4.78 is 7.84. The van der Waals surface area contributed by atoms with Crippen LogP contribution in [0.5, 0.6) is 5.75 Å². The van der Waals surface area contributed by atoms with E-state index in [0.29, 0.717) is 0 Å². The van der Waals surface area contributed by atoms with Gasteiger partial charge in [-0.15, -0.1) is 11.3 Å². The third kappa shape index (κ3) is 1.52. The highest BCUT2D eigenvalue weighted by Gasteiger charge is 2.09. The number of para-hydroxylation sites is 1. The van der Waals surface area contributed by atoms with E-state index in [4.69, 9.17) is 4.74 Å². The predicted molar refractivity (Wildman–Crippen MR) is 81.2 cm³/mol. The summed E-state index contributed by atoms with van der Waals surface area (Å²) in [5.74, 6) is 0.896. The van der Waals surface area contributed by atoms with Crippen LogP contribution in [0.2, 0.25) is 0 Å². The normalized spacial score (nSPS) is 11.4. The minimum Gasteiger partial charge on any atom is -0.497 e. The SMILES string of the molecule is COc1ccc2sc3cnc4ccccc4c3c2c1. The average molecular weight is 265 g/mol. The molecule has 3 heteroatoms. The van der Waals surface area contributed by atoms with Crippen molar-refractivity contribution in [3.63, 3.8) is 0 Å². The predicted octanol–water partition coefficient (Wildman–Crippen LogP) is 4.61. The number of benzene rings is 2. The van der Waals surface area contributed by atoms with Gasteiger partial charge >= 0.3 is 0 Å². The second-order valence-corrected chi connectivity index (χ2v) is 5.56. The van der Waals surface area contributed by atoms with E-state index in [1.807, 2.05) is 18.3 Å². The number of fused-ring (bicyclic) bond motifs is 5. The minimum atomic E-state index is 0.896. The lowest BCUT2D eigenvalue weighted by atomic mass is 10.1. The molecule has 2 aromatic carbocycles. The van der Waals surface area contributed by atoms with Crippen molar-refractivity contribution in [3.8, 4) is 5.75 Å². The van der Waals surface area contributed by atoms with E-state index in [9.17, 15) is 0 Å². The molecule has 0 atom stereocenters. The molecule has 0 bridgehead atoms. The summed E-state index contributed by atoms with van der Waals surface area (Å²) in [7, 11) is 1.70. The third-order valence-corrected chi connectivity index (χ3v) is 4.52. The molecule has 0 saturated carbocycles. The lowest BCUT2D eigenvalue weighted by Crippen LogP contribution is -1.81. The monoisotopic (exact) mass is 265 g/mol. The van der Waals surface area contributed by atoms with Gasteiger partial charge in [0.05, 0.1) is 17.3 Å². The molecule has 2 nitrogen and oxygen atoms in total. The van der Waals surface area contributed by atoms with E-state index in [-0.39, 0.29) is 0 Å². The molecule has 0 aliphatic heterocycles. The number of pyridine rings is 1. The highest BCUT2D eigenvalue weighted by Crippen LogP contribution is 2.38. The largest absolute Gasteiger partial charge is 0.497 e. The Morgan fingerprint density at radius 1 is 1.00 bits per heavy atom. The molecule has 92 valence electrons. The summed E-state index contributed by atoms with van der Waals surface area (Å²) in [6.07, 6.45) is 1.97. The Balaban J connectivity index is 2.27. The standard InChI is InChI=1S/C16H11NOS/c1-18-10-6-7-14-12(8-10)16-11-4-2-3-5-13(11)17-9-15(16)19-14/h2-9H,1H3. The Morgan fingerprint density at radius 2 is 1.89 bits per heavy atom. The number of hydrogen-bond acceptors (Lipinski definition) is 3. The Labute approximate surface area is 114 Å². The summed E-state index contributed by atoms with van der Waals surface area (Å²) in [5.41, 5.74) is 1.04. The first-order valence-electron chi connectivity index (χ1n) is 6.11. The van der Waals surface area contributed by atoms with Crippen LogP contribution in [0.3, 0.4) is 0 Å². The first-order chi connectivity index (χ1) is 9.36. The lowest BCUT2D eigenvalue weighted by Gasteiger charge is -2.01. The van der Waals surface area contributed by atoms with Gasteiger partial charge in [0.1, 0.15) is 5.75 Å². The average Bonchev–Trinajstić information content (AvgIpc) is 2.85. The van der Waals surface area contributed by atoms with Gasteiger partial charge in [-0.3, -0.25) is 4.98 Å². The van der Waals surface area contributed by atoms with Crippen LogP contribution in [0.1, 0.15) is 0 Å². The summed E-state index contributed by atoms with van der Waals surface area (Å²) in [6, 6.07) is 14.5. The second-order valence-electron chi connectivity index (χ2n) is 4.48. The summed E-state index contributed by atoms with van der Waals surface area (Å²) >= 11 is 1.78. The van der Waals surface area contributed by atoms with Gasteiger partial charge in [0.15, 0.2) is 0 Å². The molecule has 0 fully saturated rings. The smallest absolute Gasteiger partial charge is 0.119 e. The van der Waals surface area contributed by atoms with Gasteiger partial charge in [-0.1, -0.05) is 18.2 Å². The summed E-state index contributed by atoms with van der Waals surface area (Å²) in [4.78, 5) is 4.53. The zero-order valence-corrected chi connectivity index (χ0v) is 11.2. The molecule has 0 aliphatic carbocycles. The van der Waals surface area contributed by atoms with Gasteiger partial charge in [-0.05, 0) is 24.3 Å². The quantitative estimate of drug-likeness (QED) is 0.501. The maximum Gasteiger partial charge on any atom is 0.119 e. The number of rotatable bonds is 1. The number of hydrogen-bond donors (Lipinski definition) is 0. The summed E-state index contributed by atoms with van der Waals surface area (Å²) in [6.45, 7) is 0.